The summed E-state index contributed by atoms with van der Waals surface area (Å²) in [5.41, 5.74) is -5.27. The van der Waals surface area contributed by atoms with Gasteiger partial charge >= 0.3 is 6.36 Å². The molecular weight excluding hydrogens is 518 g/mol. The highest BCUT2D eigenvalue weighted by Gasteiger charge is 2.49. The lowest BCUT2D eigenvalue weighted by Crippen LogP contribution is -2.63. The summed E-state index contributed by atoms with van der Waals surface area (Å²) in [6.45, 7) is 4.45. The Bertz CT molecular complexity index is 1030. The monoisotopic (exact) mass is 540 g/mol. The van der Waals surface area contributed by atoms with Crippen LogP contribution in [0, 0.1) is 0 Å². The molecule has 1 aromatic carbocycles. The lowest BCUT2D eigenvalue weighted by molar-refractivity contribution is -0.274. The number of nitrogens with one attached hydrogen (secondary N) is 1. The van der Waals surface area contributed by atoms with Crippen molar-refractivity contribution in [2.24, 2.45) is 9.98 Å². The van der Waals surface area contributed by atoms with Crippen LogP contribution in [-0.2, 0) is 9.59 Å². The fraction of sp³-hybridized carbons (Fsp3) is 0.455. The van der Waals surface area contributed by atoms with Crippen LogP contribution in [0.5, 0.6) is 5.75 Å². The Balaban J connectivity index is 2.65. The maximum Gasteiger partial charge on any atom is 0.573 e. The molecule has 1 aliphatic rings. The topological polar surface area (TPSA) is 83.4 Å². The van der Waals surface area contributed by atoms with Gasteiger partial charge in [0.05, 0.1) is 0 Å². The number of rotatable bonds is 9. The molecule has 1 N–H and O–H groups in total. The number of alkyl halides is 7. The van der Waals surface area contributed by atoms with Crippen molar-refractivity contribution in [1.82, 2.24) is 5.32 Å². The SMILES string of the molecule is C=N/C=C(\C=N/C)[C@](C)(C(=O)N[C@H]1CCC(F)(F)C1)N(C(=O)[C@H](F)Cl)c1ccc(OC(F)(F)F)cc1. The van der Waals surface area contributed by atoms with Gasteiger partial charge in [-0.15, -0.1) is 13.2 Å². The van der Waals surface area contributed by atoms with E-state index in [0.29, 0.717) is 4.90 Å². The van der Waals surface area contributed by atoms with E-state index in [1.807, 2.05) is 0 Å². The first-order valence-electron chi connectivity index (χ1n) is 10.4. The van der Waals surface area contributed by atoms with Gasteiger partial charge in [0.2, 0.25) is 5.92 Å². The molecule has 7 nitrogen and oxygen atoms in total. The number of carbonyl (C=O) groups is 2. The number of ether oxygens (including phenoxy) is 1. The van der Waals surface area contributed by atoms with E-state index in [9.17, 15) is 35.9 Å². The number of carbonyl (C=O) groups excluding carboxylic acids is 2. The van der Waals surface area contributed by atoms with Gasteiger partial charge in [0, 0.05) is 49.6 Å². The molecule has 0 unspecified atom stereocenters. The van der Waals surface area contributed by atoms with E-state index in [-0.39, 0.29) is 17.7 Å². The molecule has 1 saturated carbocycles. The third-order valence-corrected chi connectivity index (χ3v) is 5.61. The van der Waals surface area contributed by atoms with Gasteiger partial charge < -0.3 is 10.1 Å². The average Bonchev–Trinajstić information content (AvgIpc) is 3.11. The van der Waals surface area contributed by atoms with Crippen molar-refractivity contribution < 1.29 is 40.7 Å². The molecule has 0 saturated heterocycles. The molecule has 3 atom stereocenters. The predicted octanol–water partition coefficient (Wildman–Crippen LogP) is 4.80. The van der Waals surface area contributed by atoms with Crippen molar-refractivity contribution in [2.45, 2.75) is 55.7 Å². The molecule has 0 bridgehead atoms. The van der Waals surface area contributed by atoms with Gasteiger partial charge in [0.25, 0.3) is 17.4 Å². The van der Waals surface area contributed by atoms with Crippen LogP contribution in [0.2, 0.25) is 0 Å². The van der Waals surface area contributed by atoms with Crippen molar-refractivity contribution in [3.8, 4) is 5.75 Å². The summed E-state index contributed by atoms with van der Waals surface area (Å²) in [6.07, 6.45) is -4.04. The number of hydrogen-bond donors (Lipinski definition) is 1. The first kappa shape index (κ1) is 29.1. The zero-order chi connectivity index (χ0) is 27.3. The predicted molar refractivity (Wildman–Crippen MR) is 123 cm³/mol. The number of benzene rings is 1. The van der Waals surface area contributed by atoms with Crippen molar-refractivity contribution in [3.63, 3.8) is 0 Å². The summed E-state index contributed by atoms with van der Waals surface area (Å²) in [6, 6.07) is 2.64. The molecule has 36 heavy (non-hydrogen) atoms. The molecular formula is C22H23ClF6N4O3. The summed E-state index contributed by atoms with van der Waals surface area (Å²) >= 11 is 5.42. The quantitative estimate of drug-likeness (QED) is 0.277. The van der Waals surface area contributed by atoms with Gasteiger partial charge in [0.15, 0.2) is 5.54 Å². The number of nitrogens with zero attached hydrogens (tertiary/aromatic N) is 3. The van der Waals surface area contributed by atoms with Crippen LogP contribution in [0.1, 0.15) is 26.2 Å². The lowest BCUT2D eigenvalue weighted by atomic mass is 9.88. The summed E-state index contributed by atoms with van der Waals surface area (Å²) in [4.78, 5) is 34.5. The van der Waals surface area contributed by atoms with Crippen molar-refractivity contribution in [2.75, 3.05) is 11.9 Å². The molecule has 2 amide bonds. The van der Waals surface area contributed by atoms with E-state index in [4.69, 9.17) is 11.6 Å². The van der Waals surface area contributed by atoms with E-state index < -0.39 is 59.9 Å². The van der Waals surface area contributed by atoms with E-state index in [0.717, 1.165) is 43.6 Å². The third kappa shape index (κ3) is 6.99. The fourth-order valence-electron chi connectivity index (χ4n) is 3.78. The Labute approximate surface area is 207 Å². The van der Waals surface area contributed by atoms with E-state index in [2.05, 4.69) is 26.8 Å². The van der Waals surface area contributed by atoms with E-state index >= 15 is 0 Å². The summed E-state index contributed by atoms with van der Waals surface area (Å²) < 4.78 is 83.1. The minimum Gasteiger partial charge on any atom is -0.406 e. The van der Waals surface area contributed by atoms with Crippen molar-refractivity contribution >= 4 is 42.0 Å². The zero-order valence-electron chi connectivity index (χ0n) is 19.2. The second kappa shape index (κ2) is 11.3. The number of anilines is 1. The zero-order valence-corrected chi connectivity index (χ0v) is 19.9. The third-order valence-electron chi connectivity index (χ3n) is 5.42. The largest absolute Gasteiger partial charge is 0.573 e. The first-order valence-corrected chi connectivity index (χ1v) is 10.8. The number of amides is 2. The van der Waals surface area contributed by atoms with Crippen LogP contribution in [0.4, 0.5) is 32.0 Å². The van der Waals surface area contributed by atoms with E-state index in [1.54, 1.807) is 0 Å². The second-order valence-corrected chi connectivity index (χ2v) is 8.39. The molecule has 0 heterocycles. The summed E-state index contributed by atoms with van der Waals surface area (Å²) in [7, 11) is 1.32. The van der Waals surface area contributed by atoms with Gasteiger partial charge in [-0.3, -0.25) is 24.5 Å². The first-order chi connectivity index (χ1) is 16.6. The average molecular weight is 541 g/mol. The highest BCUT2D eigenvalue weighted by Crippen LogP contribution is 2.37. The summed E-state index contributed by atoms with van der Waals surface area (Å²) in [5, 5.41) is 2.44. The smallest absolute Gasteiger partial charge is 0.406 e. The minimum atomic E-state index is -5.00. The molecule has 1 fully saturated rings. The van der Waals surface area contributed by atoms with Crippen LogP contribution >= 0.6 is 11.6 Å². The fourth-order valence-corrected chi connectivity index (χ4v) is 3.88. The Morgan fingerprint density at radius 2 is 1.92 bits per heavy atom. The highest BCUT2D eigenvalue weighted by molar-refractivity contribution is 6.32. The van der Waals surface area contributed by atoms with Crippen molar-refractivity contribution in [1.29, 1.82) is 0 Å². The van der Waals surface area contributed by atoms with Crippen LogP contribution in [0.15, 0.2) is 46.0 Å². The minimum absolute atomic E-state index is 0.0614. The van der Waals surface area contributed by atoms with Gasteiger partial charge in [-0.1, -0.05) is 11.6 Å². The standard InChI is InChI=1S/C22H23ClF6N4O3/c1-20(13(11-30-2)12-31-3,19(35)32-14-8-9-21(25,26)10-14)33(18(34)17(23)24)15-4-6-16(7-5-15)36-22(27,28)29/h4-7,11-12,14,17H,2,8-10H2,1,3H3,(H,32,35)/b13-11+,31-12-/t14-,17-,20+/m0/s1. The molecule has 0 radical (unpaired) electrons. The molecule has 14 heteroatoms. The van der Waals surface area contributed by atoms with Crippen LogP contribution in [-0.4, -0.2) is 61.3 Å². The lowest BCUT2D eigenvalue weighted by Gasteiger charge is -2.41. The number of halogens is 7. The van der Waals surface area contributed by atoms with Crippen molar-refractivity contribution in [3.05, 3.63) is 36.0 Å². The molecule has 198 valence electrons. The van der Waals surface area contributed by atoms with Gasteiger partial charge in [0.1, 0.15) is 5.75 Å². The molecule has 0 aliphatic heterocycles. The van der Waals surface area contributed by atoms with Crippen LogP contribution in [0.3, 0.4) is 0 Å². The second-order valence-electron chi connectivity index (χ2n) is 8.01. The highest BCUT2D eigenvalue weighted by atomic mass is 35.5. The van der Waals surface area contributed by atoms with Gasteiger partial charge in [-0.05, 0) is 44.3 Å². The number of hydrogen-bond acceptors (Lipinski definition) is 5. The maximum atomic E-state index is 14.1. The molecule has 1 aromatic rings. The maximum absolute atomic E-state index is 14.1. The van der Waals surface area contributed by atoms with Crippen LogP contribution in [0.25, 0.3) is 0 Å². The summed E-state index contributed by atoms with van der Waals surface area (Å²) in [5.74, 6) is -6.14. The van der Waals surface area contributed by atoms with Gasteiger partial charge in [-0.25, -0.2) is 13.2 Å². The van der Waals surface area contributed by atoms with E-state index in [1.165, 1.54) is 7.05 Å². The molecule has 1 aliphatic carbocycles. The Morgan fingerprint density at radius 3 is 2.36 bits per heavy atom. The Kier molecular flexibility index (Phi) is 9.16. The molecule has 2 rings (SSSR count). The molecule has 0 spiro atoms. The Hall–Kier alpha value is -3.09. The van der Waals surface area contributed by atoms with Crippen LogP contribution < -0.4 is 15.0 Å². The Morgan fingerprint density at radius 1 is 1.31 bits per heavy atom. The molecule has 0 aromatic heterocycles. The van der Waals surface area contributed by atoms with Gasteiger partial charge in [-0.2, -0.15) is 0 Å². The number of aliphatic imine (C=N–C) groups is 2. The normalized spacial score (nSPS) is 20.5.